The van der Waals surface area contributed by atoms with Crippen molar-refractivity contribution in [2.75, 3.05) is 20.7 Å². The number of methoxy groups -OCH3 is 1. The summed E-state index contributed by atoms with van der Waals surface area (Å²) >= 11 is 0. The highest BCUT2D eigenvalue weighted by Gasteiger charge is 2.23. The summed E-state index contributed by atoms with van der Waals surface area (Å²) in [5.74, 6) is -0.301. The number of benzene rings is 1. The number of carbonyl (C=O) groups excluding carboxylic acids is 1. The summed E-state index contributed by atoms with van der Waals surface area (Å²) in [6.45, 7) is 6.00. The monoisotopic (exact) mass is 375 g/mol. The molecule has 3 aromatic rings. The third kappa shape index (κ3) is 3.22. The van der Waals surface area contributed by atoms with Gasteiger partial charge in [-0.3, -0.25) is 4.98 Å². The maximum absolute atomic E-state index is 12.0. The molecule has 1 aliphatic rings. The lowest BCUT2D eigenvalue weighted by molar-refractivity contribution is 0.0601. The van der Waals surface area contributed by atoms with Gasteiger partial charge in [0.25, 0.3) is 0 Å². The fourth-order valence-corrected chi connectivity index (χ4v) is 3.89. The molecule has 2 aromatic heterocycles. The van der Waals surface area contributed by atoms with E-state index in [4.69, 9.17) is 4.74 Å². The average Bonchev–Trinajstić information content (AvgIpc) is 3.00. The van der Waals surface area contributed by atoms with Crippen LogP contribution in [0.2, 0.25) is 0 Å². The zero-order valence-corrected chi connectivity index (χ0v) is 16.8. The van der Waals surface area contributed by atoms with Crippen molar-refractivity contribution in [3.05, 3.63) is 64.6 Å². The zero-order valence-electron chi connectivity index (χ0n) is 16.8. The van der Waals surface area contributed by atoms with Gasteiger partial charge in [-0.05, 0) is 61.9 Å². The summed E-state index contributed by atoms with van der Waals surface area (Å²) in [5, 5.41) is 1.12. The minimum absolute atomic E-state index is 0.301. The summed E-state index contributed by atoms with van der Waals surface area (Å²) in [5.41, 5.74) is 7.59. The lowest BCUT2D eigenvalue weighted by Crippen LogP contribution is -2.26. The standard InChI is InChI=1S/C23H25N3O2/c1-15(18-6-5-16(2)24-12-18)13-26-21-8-7-17(23(27)28-4)11-19(21)20-14-25(3)10-9-22(20)26/h5-8,11-13H,9-10,14H2,1-4H3. The maximum Gasteiger partial charge on any atom is 0.337 e. The van der Waals surface area contributed by atoms with E-state index in [0.29, 0.717) is 5.56 Å². The molecule has 144 valence electrons. The molecule has 0 spiro atoms. The number of esters is 1. The number of rotatable bonds is 3. The summed E-state index contributed by atoms with van der Waals surface area (Å²) < 4.78 is 7.20. The van der Waals surface area contributed by atoms with Gasteiger partial charge >= 0.3 is 5.97 Å². The smallest absolute Gasteiger partial charge is 0.337 e. The second kappa shape index (κ2) is 7.24. The number of fused-ring (bicyclic) bond motifs is 3. The van der Waals surface area contributed by atoms with Crippen LogP contribution >= 0.6 is 0 Å². The van der Waals surface area contributed by atoms with Crippen LogP contribution in [0.3, 0.4) is 0 Å². The van der Waals surface area contributed by atoms with Crippen LogP contribution in [0, 0.1) is 6.92 Å². The van der Waals surface area contributed by atoms with Gasteiger partial charge in [0.1, 0.15) is 0 Å². The molecule has 0 amide bonds. The van der Waals surface area contributed by atoms with Crippen LogP contribution in [0.5, 0.6) is 0 Å². The molecule has 0 radical (unpaired) electrons. The predicted molar refractivity (Wildman–Crippen MR) is 112 cm³/mol. The van der Waals surface area contributed by atoms with Gasteiger partial charge in [-0.25, -0.2) is 4.79 Å². The van der Waals surface area contributed by atoms with Crippen molar-refractivity contribution >= 4 is 28.6 Å². The Labute approximate surface area is 165 Å². The number of pyridine rings is 1. The van der Waals surface area contributed by atoms with Crippen molar-refractivity contribution in [2.24, 2.45) is 0 Å². The Morgan fingerprint density at radius 2 is 2.00 bits per heavy atom. The quantitative estimate of drug-likeness (QED) is 0.646. The normalized spacial score (nSPS) is 14.9. The molecule has 0 unspecified atom stereocenters. The number of carbonyl (C=O) groups is 1. The molecule has 0 saturated heterocycles. The molecule has 5 heteroatoms. The van der Waals surface area contributed by atoms with Crippen molar-refractivity contribution in [3.8, 4) is 0 Å². The third-order valence-electron chi connectivity index (χ3n) is 5.49. The fraction of sp³-hybridized carbons (Fsp3) is 0.304. The second-order valence-electron chi connectivity index (χ2n) is 7.51. The Bertz CT molecular complexity index is 1080. The molecule has 0 bridgehead atoms. The van der Waals surface area contributed by atoms with Gasteiger partial charge in [0.2, 0.25) is 0 Å². The molecule has 1 aromatic carbocycles. The molecule has 3 heterocycles. The fourth-order valence-electron chi connectivity index (χ4n) is 3.89. The van der Waals surface area contributed by atoms with E-state index in [0.717, 1.165) is 47.2 Å². The van der Waals surface area contributed by atoms with Crippen LogP contribution in [0.25, 0.3) is 22.7 Å². The van der Waals surface area contributed by atoms with Gasteiger partial charge in [0.05, 0.1) is 18.2 Å². The van der Waals surface area contributed by atoms with E-state index in [-0.39, 0.29) is 5.97 Å². The number of nitrogens with zero attached hydrogens (tertiary/aromatic N) is 3. The van der Waals surface area contributed by atoms with Crippen molar-refractivity contribution < 1.29 is 9.53 Å². The minimum atomic E-state index is -0.301. The second-order valence-corrected chi connectivity index (χ2v) is 7.51. The first-order chi connectivity index (χ1) is 13.5. The van der Waals surface area contributed by atoms with Crippen LogP contribution in [-0.4, -0.2) is 41.1 Å². The minimum Gasteiger partial charge on any atom is -0.465 e. The molecule has 5 nitrogen and oxygen atoms in total. The number of ether oxygens (including phenoxy) is 1. The topological polar surface area (TPSA) is 47.4 Å². The Balaban J connectivity index is 1.89. The summed E-state index contributed by atoms with van der Waals surface area (Å²) in [7, 11) is 3.55. The number of likely N-dealkylation sites (N-methyl/N-ethyl adjacent to an activating group) is 1. The van der Waals surface area contributed by atoms with Gasteiger partial charge in [-0.15, -0.1) is 0 Å². The number of hydrogen-bond acceptors (Lipinski definition) is 4. The van der Waals surface area contributed by atoms with Crippen LogP contribution < -0.4 is 0 Å². The van der Waals surface area contributed by atoms with Crippen molar-refractivity contribution in [3.63, 3.8) is 0 Å². The van der Waals surface area contributed by atoms with Crippen LogP contribution in [0.15, 0.2) is 36.5 Å². The van der Waals surface area contributed by atoms with Crippen molar-refractivity contribution in [1.82, 2.24) is 14.5 Å². The molecule has 1 aliphatic heterocycles. The highest BCUT2D eigenvalue weighted by Crippen LogP contribution is 2.33. The molecule has 28 heavy (non-hydrogen) atoms. The number of aryl methyl sites for hydroxylation is 1. The first-order valence-corrected chi connectivity index (χ1v) is 9.52. The number of aromatic nitrogens is 2. The lowest BCUT2D eigenvalue weighted by atomic mass is 10.0. The molecular weight excluding hydrogens is 350 g/mol. The van der Waals surface area contributed by atoms with Crippen molar-refractivity contribution in [1.29, 1.82) is 0 Å². The highest BCUT2D eigenvalue weighted by atomic mass is 16.5. The Kier molecular flexibility index (Phi) is 4.77. The highest BCUT2D eigenvalue weighted by molar-refractivity contribution is 5.97. The Hall–Kier alpha value is -2.92. The maximum atomic E-state index is 12.0. The number of allylic oxidation sites excluding steroid dienone is 1. The van der Waals surface area contributed by atoms with Gasteiger partial charge in [-0.1, -0.05) is 6.07 Å². The Morgan fingerprint density at radius 3 is 2.71 bits per heavy atom. The molecule has 0 N–H and O–H groups in total. The van der Waals surface area contributed by atoms with E-state index >= 15 is 0 Å². The van der Waals surface area contributed by atoms with Gasteiger partial charge in [0.15, 0.2) is 0 Å². The van der Waals surface area contributed by atoms with E-state index in [1.165, 1.54) is 18.4 Å². The van der Waals surface area contributed by atoms with E-state index in [9.17, 15) is 4.79 Å². The number of hydrogen-bond donors (Lipinski definition) is 0. The summed E-state index contributed by atoms with van der Waals surface area (Å²) in [6.07, 6.45) is 5.09. The van der Waals surface area contributed by atoms with Crippen LogP contribution in [-0.2, 0) is 17.7 Å². The van der Waals surface area contributed by atoms with E-state index in [1.54, 1.807) is 0 Å². The Morgan fingerprint density at radius 1 is 1.21 bits per heavy atom. The van der Waals surface area contributed by atoms with Crippen molar-refractivity contribution in [2.45, 2.75) is 26.8 Å². The van der Waals surface area contributed by atoms with Gasteiger partial charge in [0, 0.05) is 48.7 Å². The first kappa shape index (κ1) is 18.4. The zero-order chi connectivity index (χ0) is 19.8. The average molecular weight is 375 g/mol. The first-order valence-electron chi connectivity index (χ1n) is 9.52. The molecule has 0 fully saturated rings. The summed E-state index contributed by atoms with van der Waals surface area (Å²) in [4.78, 5) is 18.8. The van der Waals surface area contributed by atoms with E-state index in [2.05, 4.69) is 40.7 Å². The molecule has 4 rings (SSSR count). The molecule has 0 aliphatic carbocycles. The van der Waals surface area contributed by atoms with Crippen LogP contribution in [0.1, 0.15) is 39.8 Å². The third-order valence-corrected chi connectivity index (χ3v) is 5.49. The van der Waals surface area contributed by atoms with Gasteiger partial charge < -0.3 is 14.2 Å². The van der Waals surface area contributed by atoms with E-state index in [1.807, 2.05) is 37.4 Å². The molecule has 0 saturated carbocycles. The summed E-state index contributed by atoms with van der Waals surface area (Å²) in [6, 6.07) is 9.97. The lowest BCUT2D eigenvalue weighted by Gasteiger charge is -2.23. The van der Waals surface area contributed by atoms with E-state index < -0.39 is 0 Å². The molecule has 0 atom stereocenters. The predicted octanol–water partition coefficient (Wildman–Crippen LogP) is 4.14. The van der Waals surface area contributed by atoms with Crippen LogP contribution in [0.4, 0.5) is 0 Å². The SMILES string of the molecule is COC(=O)c1ccc2c(c1)c1c(n2C=C(C)c2ccc(C)nc2)CCN(C)C1. The molecular formula is C23H25N3O2. The van der Waals surface area contributed by atoms with Gasteiger partial charge in [-0.2, -0.15) is 0 Å². The largest absolute Gasteiger partial charge is 0.465 e.